The molecule has 0 radical (unpaired) electrons. The van der Waals surface area contributed by atoms with Gasteiger partial charge in [-0.15, -0.1) is 5.10 Å². The van der Waals surface area contributed by atoms with Crippen molar-refractivity contribution in [2.75, 3.05) is 5.32 Å². The highest BCUT2D eigenvalue weighted by Gasteiger charge is 2.25. The monoisotopic (exact) mass is 270 g/mol. The van der Waals surface area contributed by atoms with E-state index >= 15 is 0 Å². The van der Waals surface area contributed by atoms with Crippen LogP contribution in [0, 0.1) is 11.8 Å². The quantitative estimate of drug-likeness (QED) is 0.928. The van der Waals surface area contributed by atoms with E-state index in [4.69, 9.17) is 0 Å². The van der Waals surface area contributed by atoms with Crippen molar-refractivity contribution in [3.63, 3.8) is 0 Å². The largest absolute Gasteiger partial charge is 0.380 e. The normalized spacial score (nSPS) is 26.4. The molecule has 0 aliphatic heterocycles. The standard InChI is InChI=1S/C16H22N4/c1-12-7-8-14(13(2)11-12)18-15-5-3-4-6-16(15)20-10-9-17-19-20/h3-6,9-10,12-14,18H,7-8,11H2,1-2H3. The molecular weight excluding hydrogens is 248 g/mol. The van der Waals surface area contributed by atoms with Crippen LogP contribution in [0.25, 0.3) is 5.69 Å². The van der Waals surface area contributed by atoms with Gasteiger partial charge >= 0.3 is 0 Å². The average Bonchev–Trinajstić information content (AvgIpc) is 2.96. The lowest BCUT2D eigenvalue weighted by Gasteiger charge is -2.34. The third-order valence-corrected chi connectivity index (χ3v) is 4.35. The number of hydrogen-bond donors (Lipinski definition) is 1. The maximum absolute atomic E-state index is 4.10. The molecule has 0 spiro atoms. The van der Waals surface area contributed by atoms with E-state index in [2.05, 4.69) is 47.7 Å². The van der Waals surface area contributed by atoms with Crippen LogP contribution in [0.2, 0.25) is 0 Å². The Hall–Kier alpha value is -1.84. The van der Waals surface area contributed by atoms with E-state index in [1.54, 1.807) is 6.20 Å². The van der Waals surface area contributed by atoms with Gasteiger partial charge in [-0.3, -0.25) is 0 Å². The van der Waals surface area contributed by atoms with Crippen molar-refractivity contribution < 1.29 is 0 Å². The molecule has 1 saturated carbocycles. The molecule has 1 N–H and O–H groups in total. The maximum Gasteiger partial charge on any atom is 0.0894 e. The zero-order chi connectivity index (χ0) is 13.9. The van der Waals surface area contributed by atoms with Crippen molar-refractivity contribution in [2.45, 2.75) is 39.2 Å². The summed E-state index contributed by atoms with van der Waals surface area (Å²) in [5.74, 6) is 1.57. The summed E-state index contributed by atoms with van der Waals surface area (Å²) in [7, 11) is 0. The van der Waals surface area contributed by atoms with Crippen LogP contribution >= 0.6 is 0 Å². The minimum absolute atomic E-state index is 0.552. The van der Waals surface area contributed by atoms with E-state index in [9.17, 15) is 0 Å². The third kappa shape index (κ3) is 2.69. The molecule has 0 bridgehead atoms. The zero-order valence-electron chi connectivity index (χ0n) is 12.2. The fourth-order valence-electron chi connectivity index (χ4n) is 3.21. The average molecular weight is 270 g/mol. The number of nitrogens with zero attached hydrogens (tertiary/aromatic N) is 3. The summed E-state index contributed by atoms with van der Waals surface area (Å²) < 4.78 is 1.82. The molecule has 20 heavy (non-hydrogen) atoms. The van der Waals surface area contributed by atoms with E-state index in [1.807, 2.05) is 16.9 Å². The van der Waals surface area contributed by atoms with Crippen molar-refractivity contribution in [1.82, 2.24) is 15.0 Å². The minimum atomic E-state index is 0.552. The van der Waals surface area contributed by atoms with Gasteiger partial charge in [0.2, 0.25) is 0 Å². The number of hydrogen-bond acceptors (Lipinski definition) is 3. The highest BCUT2D eigenvalue weighted by molar-refractivity contribution is 5.61. The number of rotatable bonds is 3. The van der Waals surface area contributed by atoms with Gasteiger partial charge in [-0.05, 0) is 43.2 Å². The van der Waals surface area contributed by atoms with Crippen molar-refractivity contribution in [3.05, 3.63) is 36.7 Å². The minimum Gasteiger partial charge on any atom is -0.380 e. The van der Waals surface area contributed by atoms with Crippen molar-refractivity contribution in [3.8, 4) is 5.69 Å². The predicted molar refractivity (Wildman–Crippen MR) is 80.9 cm³/mol. The second kappa shape index (κ2) is 5.65. The molecule has 1 fully saturated rings. The van der Waals surface area contributed by atoms with E-state index in [-0.39, 0.29) is 0 Å². The first kappa shape index (κ1) is 13.2. The first-order chi connectivity index (χ1) is 9.74. The second-order valence-corrected chi connectivity index (χ2v) is 6.01. The Morgan fingerprint density at radius 2 is 2.05 bits per heavy atom. The molecule has 1 aliphatic rings. The Kier molecular flexibility index (Phi) is 3.72. The highest BCUT2D eigenvalue weighted by Crippen LogP contribution is 2.32. The lowest BCUT2D eigenvalue weighted by Crippen LogP contribution is -2.33. The topological polar surface area (TPSA) is 42.7 Å². The molecule has 0 amide bonds. The molecule has 0 saturated heterocycles. The first-order valence-corrected chi connectivity index (χ1v) is 7.46. The molecule has 1 aliphatic carbocycles. The molecule has 3 rings (SSSR count). The summed E-state index contributed by atoms with van der Waals surface area (Å²) >= 11 is 0. The van der Waals surface area contributed by atoms with Crippen molar-refractivity contribution >= 4 is 5.69 Å². The zero-order valence-corrected chi connectivity index (χ0v) is 12.2. The number of aromatic nitrogens is 3. The Labute approximate surface area is 120 Å². The van der Waals surface area contributed by atoms with Gasteiger partial charge < -0.3 is 5.32 Å². The van der Waals surface area contributed by atoms with Crippen molar-refractivity contribution in [2.24, 2.45) is 11.8 Å². The van der Waals surface area contributed by atoms with E-state index in [0.717, 1.165) is 17.3 Å². The van der Waals surface area contributed by atoms with Gasteiger partial charge in [0.05, 0.1) is 23.8 Å². The van der Waals surface area contributed by atoms with Gasteiger partial charge in [-0.25, -0.2) is 4.68 Å². The Bertz CT molecular complexity index is 549. The maximum atomic E-state index is 4.10. The molecule has 4 nitrogen and oxygen atoms in total. The molecule has 1 aromatic carbocycles. The van der Waals surface area contributed by atoms with Gasteiger partial charge in [0, 0.05) is 6.04 Å². The Balaban J connectivity index is 1.81. The van der Waals surface area contributed by atoms with Gasteiger partial charge in [-0.2, -0.15) is 0 Å². The third-order valence-electron chi connectivity index (χ3n) is 4.35. The molecule has 4 heteroatoms. The number of benzene rings is 1. The first-order valence-electron chi connectivity index (χ1n) is 7.46. The van der Waals surface area contributed by atoms with Crippen LogP contribution in [0.5, 0.6) is 0 Å². The summed E-state index contributed by atoms with van der Waals surface area (Å²) in [6, 6.07) is 8.86. The SMILES string of the molecule is CC1CCC(Nc2ccccc2-n2ccnn2)C(C)C1. The fourth-order valence-corrected chi connectivity index (χ4v) is 3.21. The summed E-state index contributed by atoms with van der Waals surface area (Å²) in [5, 5.41) is 11.7. The molecule has 1 aromatic heterocycles. The summed E-state index contributed by atoms with van der Waals surface area (Å²) in [6.45, 7) is 4.71. The summed E-state index contributed by atoms with van der Waals surface area (Å²) in [6.07, 6.45) is 7.46. The fraction of sp³-hybridized carbons (Fsp3) is 0.500. The van der Waals surface area contributed by atoms with Crippen LogP contribution in [-0.4, -0.2) is 21.0 Å². The van der Waals surface area contributed by atoms with E-state index in [0.29, 0.717) is 12.0 Å². The second-order valence-electron chi connectivity index (χ2n) is 6.01. The molecule has 2 aromatic rings. The molecule has 106 valence electrons. The van der Waals surface area contributed by atoms with Crippen LogP contribution in [0.1, 0.15) is 33.1 Å². The summed E-state index contributed by atoms with van der Waals surface area (Å²) in [5.41, 5.74) is 2.21. The Morgan fingerprint density at radius 1 is 1.20 bits per heavy atom. The molecular formula is C16H22N4. The van der Waals surface area contributed by atoms with Crippen LogP contribution in [-0.2, 0) is 0 Å². The lowest BCUT2D eigenvalue weighted by atomic mass is 9.80. The lowest BCUT2D eigenvalue weighted by molar-refractivity contribution is 0.276. The molecule has 3 unspecified atom stereocenters. The molecule has 1 heterocycles. The van der Waals surface area contributed by atoms with E-state index < -0.39 is 0 Å². The van der Waals surface area contributed by atoms with Crippen LogP contribution in [0.4, 0.5) is 5.69 Å². The molecule has 3 atom stereocenters. The number of nitrogens with one attached hydrogen (secondary N) is 1. The predicted octanol–water partition coefficient (Wildman–Crippen LogP) is 3.50. The summed E-state index contributed by atoms with van der Waals surface area (Å²) in [4.78, 5) is 0. The van der Waals surface area contributed by atoms with Gasteiger partial charge in [0.25, 0.3) is 0 Å². The van der Waals surface area contributed by atoms with Gasteiger partial charge in [0.15, 0.2) is 0 Å². The Morgan fingerprint density at radius 3 is 2.80 bits per heavy atom. The van der Waals surface area contributed by atoms with Gasteiger partial charge in [0.1, 0.15) is 0 Å². The number of para-hydroxylation sites is 2. The highest BCUT2D eigenvalue weighted by atomic mass is 15.4. The number of anilines is 1. The van der Waals surface area contributed by atoms with Crippen LogP contribution < -0.4 is 5.32 Å². The van der Waals surface area contributed by atoms with E-state index in [1.165, 1.54) is 19.3 Å². The smallest absolute Gasteiger partial charge is 0.0894 e. The van der Waals surface area contributed by atoms with Crippen LogP contribution in [0.15, 0.2) is 36.7 Å². The van der Waals surface area contributed by atoms with Gasteiger partial charge in [-0.1, -0.05) is 31.2 Å². The van der Waals surface area contributed by atoms with Crippen LogP contribution in [0.3, 0.4) is 0 Å². The van der Waals surface area contributed by atoms with Crippen molar-refractivity contribution in [1.29, 1.82) is 0 Å².